The molecule has 0 saturated heterocycles. The topological polar surface area (TPSA) is 78.4 Å². The summed E-state index contributed by atoms with van der Waals surface area (Å²) in [5.74, 6) is -1.21. The van der Waals surface area contributed by atoms with Crippen LogP contribution in [0.1, 0.15) is 22.6 Å². The average Bonchev–Trinajstić information content (AvgIpc) is 3.11. The normalized spacial score (nSPS) is 13.3. The Bertz CT molecular complexity index is 988. The van der Waals surface area contributed by atoms with Crippen molar-refractivity contribution in [3.8, 4) is 11.1 Å². The largest absolute Gasteiger partial charge is 0.394 e. The summed E-state index contributed by atoms with van der Waals surface area (Å²) in [5.41, 5.74) is 4.82. The Morgan fingerprint density at radius 2 is 1.38 bits per heavy atom. The second-order valence-corrected chi connectivity index (χ2v) is 7.05. The lowest BCUT2D eigenvalue weighted by atomic mass is 9.95. The number of carbonyl (C=O) groups is 2. The van der Waals surface area contributed by atoms with E-state index in [1.54, 1.807) is 0 Å². The number of rotatable bonds is 6. The van der Waals surface area contributed by atoms with E-state index < -0.39 is 24.5 Å². The predicted octanol–water partition coefficient (Wildman–Crippen LogP) is 2.59. The van der Waals surface area contributed by atoms with E-state index in [1.807, 2.05) is 78.9 Å². The summed E-state index contributed by atoms with van der Waals surface area (Å²) in [6.07, 6.45) is 0. The van der Waals surface area contributed by atoms with Gasteiger partial charge in [0.2, 0.25) is 11.8 Å². The Kier molecular flexibility index (Phi) is 5.40. The van der Waals surface area contributed by atoms with Crippen molar-refractivity contribution >= 4 is 11.8 Å². The zero-order valence-corrected chi connectivity index (χ0v) is 15.8. The van der Waals surface area contributed by atoms with Crippen LogP contribution >= 0.6 is 0 Å². The van der Waals surface area contributed by atoms with Crippen LogP contribution in [-0.2, 0) is 16.1 Å². The molecule has 0 bridgehead atoms. The molecule has 4 rings (SSSR count). The third-order valence-corrected chi connectivity index (χ3v) is 5.22. The fourth-order valence-electron chi connectivity index (χ4n) is 3.80. The molecule has 3 aromatic carbocycles. The first-order valence-corrected chi connectivity index (χ1v) is 9.60. The van der Waals surface area contributed by atoms with Gasteiger partial charge in [0, 0.05) is 6.54 Å². The molecule has 1 aliphatic rings. The second kappa shape index (κ2) is 8.29. The van der Waals surface area contributed by atoms with Crippen molar-refractivity contribution in [2.24, 2.45) is 0 Å². The molecular formula is C24H22N2O3. The van der Waals surface area contributed by atoms with Crippen molar-refractivity contribution in [3.63, 3.8) is 0 Å². The number of nitrogens with one attached hydrogen (secondary N) is 2. The zero-order valence-electron chi connectivity index (χ0n) is 15.8. The first kappa shape index (κ1) is 18.9. The van der Waals surface area contributed by atoms with Gasteiger partial charge in [-0.15, -0.1) is 0 Å². The van der Waals surface area contributed by atoms with Gasteiger partial charge in [0.05, 0.1) is 12.5 Å². The predicted molar refractivity (Wildman–Crippen MR) is 111 cm³/mol. The van der Waals surface area contributed by atoms with Crippen molar-refractivity contribution in [1.82, 2.24) is 10.6 Å². The Hall–Kier alpha value is -3.44. The molecule has 0 fully saturated rings. The molecule has 5 heteroatoms. The van der Waals surface area contributed by atoms with Gasteiger partial charge < -0.3 is 15.7 Å². The average molecular weight is 386 g/mol. The van der Waals surface area contributed by atoms with Crippen LogP contribution in [0.25, 0.3) is 11.1 Å². The van der Waals surface area contributed by atoms with E-state index in [0.717, 1.165) is 27.8 Å². The molecule has 146 valence electrons. The summed E-state index contributed by atoms with van der Waals surface area (Å²) < 4.78 is 0. The van der Waals surface area contributed by atoms with E-state index >= 15 is 0 Å². The number of carbonyl (C=O) groups excluding carboxylic acids is 2. The fourth-order valence-corrected chi connectivity index (χ4v) is 3.80. The zero-order chi connectivity index (χ0) is 20.2. The summed E-state index contributed by atoms with van der Waals surface area (Å²) >= 11 is 0. The highest BCUT2D eigenvalue weighted by Gasteiger charge is 2.35. The van der Waals surface area contributed by atoms with Gasteiger partial charge in [-0.05, 0) is 27.8 Å². The van der Waals surface area contributed by atoms with Gasteiger partial charge in [-0.3, -0.25) is 9.59 Å². The van der Waals surface area contributed by atoms with Crippen molar-refractivity contribution in [2.75, 3.05) is 6.61 Å². The summed E-state index contributed by atoms with van der Waals surface area (Å²) in [5, 5.41) is 15.2. The Morgan fingerprint density at radius 1 is 0.828 bits per heavy atom. The van der Waals surface area contributed by atoms with Gasteiger partial charge in [0.1, 0.15) is 6.04 Å². The van der Waals surface area contributed by atoms with E-state index in [4.69, 9.17) is 0 Å². The van der Waals surface area contributed by atoms with Crippen LogP contribution in [0, 0.1) is 0 Å². The molecule has 0 aliphatic heterocycles. The van der Waals surface area contributed by atoms with Crippen molar-refractivity contribution < 1.29 is 14.7 Å². The molecule has 0 aromatic heterocycles. The van der Waals surface area contributed by atoms with Gasteiger partial charge in [-0.25, -0.2) is 0 Å². The monoisotopic (exact) mass is 386 g/mol. The molecule has 5 nitrogen and oxygen atoms in total. The minimum Gasteiger partial charge on any atom is -0.394 e. The van der Waals surface area contributed by atoms with Crippen LogP contribution in [0.15, 0.2) is 78.9 Å². The van der Waals surface area contributed by atoms with Crippen LogP contribution in [0.4, 0.5) is 0 Å². The van der Waals surface area contributed by atoms with Gasteiger partial charge in [0.25, 0.3) is 0 Å². The molecule has 0 unspecified atom stereocenters. The molecule has 2 amide bonds. The lowest BCUT2D eigenvalue weighted by Gasteiger charge is -2.20. The molecule has 3 N–H and O–H groups in total. The van der Waals surface area contributed by atoms with Gasteiger partial charge >= 0.3 is 0 Å². The van der Waals surface area contributed by atoms with E-state index in [9.17, 15) is 14.7 Å². The first-order valence-electron chi connectivity index (χ1n) is 9.60. The van der Waals surface area contributed by atoms with E-state index in [-0.39, 0.29) is 5.91 Å². The Balaban J connectivity index is 1.50. The highest BCUT2D eigenvalue weighted by atomic mass is 16.3. The maximum Gasteiger partial charge on any atom is 0.245 e. The van der Waals surface area contributed by atoms with Gasteiger partial charge in [-0.2, -0.15) is 0 Å². The van der Waals surface area contributed by atoms with Crippen LogP contribution in [-0.4, -0.2) is 29.6 Å². The van der Waals surface area contributed by atoms with E-state index in [2.05, 4.69) is 10.6 Å². The SMILES string of the molecule is O=C(N[C@@H](CO)C(=O)NCc1ccccc1)C1c2ccccc2-c2ccccc21. The Labute approximate surface area is 169 Å². The minimum absolute atomic E-state index is 0.295. The molecule has 29 heavy (non-hydrogen) atoms. The summed E-state index contributed by atoms with van der Waals surface area (Å²) in [6.45, 7) is -0.135. The van der Waals surface area contributed by atoms with Crippen LogP contribution in [0.2, 0.25) is 0 Å². The second-order valence-electron chi connectivity index (χ2n) is 7.05. The van der Waals surface area contributed by atoms with Crippen molar-refractivity contribution in [1.29, 1.82) is 0 Å². The molecule has 3 aromatic rings. The number of aliphatic hydroxyl groups excluding tert-OH is 1. The molecule has 1 aliphatic carbocycles. The molecule has 0 heterocycles. The van der Waals surface area contributed by atoms with Crippen LogP contribution in [0.5, 0.6) is 0 Å². The molecule has 0 spiro atoms. The van der Waals surface area contributed by atoms with Gasteiger partial charge in [0.15, 0.2) is 0 Å². The summed E-state index contributed by atoms with van der Waals surface area (Å²) in [4.78, 5) is 25.6. The molecular weight excluding hydrogens is 364 g/mol. The standard InChI is InChI=1S/C24H22N2O3/c27-15-21(23(28)25-14-16-8-2-1-3-9-16)26-24(29)22-19-12-6-4-10-17(19)18-11-5-7-13-20(18)22/h1-13,21-22,27H,14-15H2,(H,25,28)(H,26,29)/t21-/m0/s1. The molecule has 0 radical (unpaired) electrons. The smallest absolute Gasteiger partial charge is 0.245 e. The highest BCUT2D eigenvalue weighted by Crippen LogP contribution is 2.44. The van der Waals surface area contributed by atoms with Gasteiger partial charge in [-0.1, -0.05) is 78.9 Å². The number of aliphatic hydroxyl groups is 1. The maximum absolute atomic E-state index is 13.1. The Morgan fingerprint density at radius 3 is 1.97 bits per heavy atom. The third kappa shape index (κ3) is 3.77. The van der Waals surface area contributed by atoms with Crippen LogP contribution < -0.4 is 10.6 Å². The van der Waals surface area contributed by atoms with E-state index in [0.29, 0.717) is 6.54 Å². The van der Waals surface area contributed by atoms with Crippen molar-refractivity contribution in [2.45, 2.75) is 18.5 Å². The molecule has 0 saturated carbocycles. The highest BCUT2D eigenvalue weighted by molar-refractivity contribution is 5.98. The first-order chi connectivity index (χ1) is 14.2. The number of benzene rings is 3. The summed E-state index contributed by atoms with van der Waals surface area (Å²) in [6, 6.07) is 24.0. The number of fused-ring (bicyclic) bond motifs is 3. The quantitative estimate of drug-likeness (QED) is 0.609. The number of hydrogen-bond acceptors (Lipinski definition) is 3. The van der Waals surface area contributed by atoms with Crippen LogP contribution in [0.3, 0.4) is 0 Å². The lowest BCUT2D eigenvalue weighted by molar-refractivity contribution is -0.130. The van der Waals surface area contributed by atoms with E-state index in [1.165, 1.54) is 0 Å². The number of amides is 2. The van der Waals surface area contributed by atoms with Crippen molar-refractivity contribution in [3.05, 3.63) is 95.6 Å². The number of hydrogen-bond donors (Lipinski definition) is 3. The minimum atomic E-state index is -1.01. The fraction of sp³-hybridized carbons (Fsp3) is 0.167. The third-order valence-electron chi connectivity index (χ3n) is 5.22. The summed E-state index contributed by atoms with van der Waals surface area (Å²) in [7, 11) is 0. The molecule has 1 atom stereocenters. The maximum atomic E-state index is 13.1. The lowest BCUT2D eigenvalue weighted by Crippen LogP contribution is -2.49.